The molecule has 1 saturated heterocycles. The van der Waals surface area contributed by atoms with E-state index in [0.29, 0.717) is 32.3 Å². The highest BCUT2D eigenvalue weighted by molar-refractivity contribution is 7.88. The van der Waals surface area contributed by atoms with Crippen LogP contribution in [0.1, 0.15) is 36.2 Å². The van der Waals surface area contributed by atoms with Crippen molar-refractivity contribution in [3.8, 4) is 0 Å². The van der Waals surface area contributed by atoms with E-state index in [1.165, 1.54) is 19.1 Å². The zero-order valence-electron chi connectivity index (χ0n) is 14.2. The second kappa shape index (κ2) is 5.64. The number of sulfonamides is 1. The summed E-state index contributed by atoms with van der Waals surface area (Å²) in [6.07, 6.45) is 4.56. The first-order valence-electron chi connectivity index (χ1n) is 8.52. The van der Waals surface area contributed by atoms with Gasteiger partial charge in [0.2, 0.25) is 16.0 Å². The number of nitrogens with one attached hydrogen (secondary N) is 1. The van der Waals surface area contributed by atoms with E-state index in [9.17, 15) is 8.42 Å². The van der Waals surface area contributed by atoms with Crippen molar-refractivity contribution in [1.29, 1.82) is 0 Å². The molecule has 7 nitrogen and oxygen atoms in total. The van der Waals surface area contributed by atoms with Gasteiger partial charge in [0.25, 0.3) is 0 Å². The molecule has 2 fully saturated rings. The van der Waals surface area contributed by atoms with E-state index in [1.54, 1.807) is 4.31 Å². The summed E-state index contributed by atoms with van der Waals surface area (Å²) in [4.78, 5) is 9.38. The van der Waals surface area contributed by atoms with Crippen molar-refractivity contribution in [3.05, 3.63) is 17.0 Å². The minimum absolute atomic E-state index is 0.347. The summed E-state index contributed by atoms with van der Waals surface area (Å²) in [5.74, 6) is 1.41. The highest BCUT2D eigenvalue weighted by Crippen LogP contribution is 2.41. The summed E-state index contributed by atoms with van der Waals surface area (Å²) < 4.78 is 31.2. The number of anilines is 1. The third-order valence-corrected chi connectivity index (χ3v) is 6.62. The Hall–Kier alpha value is -1.25. The number of ether oxygens (including phenoxy) is 1. The second-order valence-electron chi connectivity index (χ2n) is 7.40. The quantitative estimate of drug-likeness (QED) is 0.872. The molecule has 24 heavy (non-hydrogen) atoms. The average molecular weight is 352 g/mol. The third-order valence-electron chi connectivity index (χ3n) is 5.37. The van der Waals surface area contributed by atoms with Gasteiger partial charge in [0.05, 0.1) is 30.6 Å². The first kappa shape index (κ1) is 16.2. The van der Waals surface area contributed by atoms with Gasteiger partial charge in [0, 0.05) is 30.9 Å². The first-order chi connectivity index (χ1) is 11.4. The van der Waals surface area contributed by atoms with Gasteiger partial charge in [-0.3, -0.25) is 0 Å². The highest BCUT2D eigenvalue weighted by atomic mass is 32.2. The maximum absolute atomic E-state index is 11.9. The van der Waals surface area contributed by atoms with Gasteiger partial charge in [-0.1, -0.05) is 0 Å². The molecule has 1 aliphatic carbocycles. The zero-order valence-corrected chi connectivity index (χ0v) is 15.0. The fourth-order valence-corrected chi connectivity index (χ4v) is 4.59. The van der Waals surface area contributed by atoms with Crippen LogP contribution in [0.25, 0.3) is 0 Å². The van der Waals surface area contributed by atoms with Crippen LogP contribution in [-0.4, -0.2) is 55.2 Å². The number of nitrogens with zero attached hydrogens (tertiary/aromatic N) is 3. The summed E-state index contributed by atoms with van der Waals surface area (Å²) in [6, 6.07) is 0. The van der Waals surface area contributed by atoms with Crippen molar-refractivity contribution >= 4 is 16.0 Å². The van der Waals surface area contributed by atoms with Gasteiger partial charge >= 0.3 is 0 Å². The average Bonchev–Trinajstić information content (AvgIpc) is 3.25. The van der Waals surface area contributed by atoms with Crippen LogP contribution in [0.3, 0.4) is 0 Å². The van der Waals surface area contributed by atoms with Crippen molar-refractivity contribution < 1.29 is 13.2 Å². The third kappa shape index (κ3) is 2.91. The lowest BCUT2D eigenvalue weighted by molar-refractivity contribution is 0.0527. The van der Waals surface area contributed by atoms with Gasteiger partial charge in [0.1, 0.15) is 0 Å². The number of hydrogen-bond donors (Lipinski definition) is 1. The molecule has 0 aromatic carbocycles. The predicted molar refractivity (Wildman–Crippen MR) is 90.4 cm³/mol. The summed E-state index contributed by atoms with van der Waals surface area (Å²) in [5, 5.41) is 3.35. The molecule has 1 atom stereocenters. The Labute approximate surface area is 142 Å². The van der Waals surface area contributed by atoms with E-state index >= 15 is 0 Å². The molecule has 1 aromatic heterocycles. The number of hydrogen-bond acceptors (Lipinski definition) is 6. The molecule has 2 aliphatic heterocycles. The topological polar surface area (TPSA) is 84.4 Å². The lowest BCUT2D eigenvalue weighted by Gasteiger charge is -2.35. The number of aromatic nitrogens is 2. The molecule has 0 bridgehead atoms. The highest BCUT2D eigenvalue weighted by Gasteiger charge is 2.47. The number of fused-ring (bicyclic) bond motifs is 2. The van der Waals surface area contributed by atoms with Gasteiger partial charge in [-0.15, -0.1) is 0 Å². The van der Waals surface area contributed by atoms with E-state index in [1.807, 2.05) is 6.92 Å². The van der Waals surface area contributed by atoms with Crippen molar-refractivity contribution in [2.75, 3.05) is 37.8 Å². The smallest absolute Gasteiger partial charge is 0.223 e. The Bertz CT molecular complexity index is 763. The molecule has 0 radical (unpaired) electrons. The molecular weight excluding hydrogens is 328 g/mol. The molecule has 1 N–H and O–H groups in total. The second-order valence-corrected chi connectivity index (χ2v) is 9.39. The van der Waals surface area contributed by atoms with Crippen LogP contribution in [0.4, 0.5) is 5.95 Å². The van der Waals surface area contributed by atoms with Crippen molar-refractivity contribution in [2.24, 2.45) is 5.92 Å². The fourth-order valence-electron chi connectivity index (χ4n) is 3.69. The van der Waals surface area contributed by atoms with Crippen LogP contribution in [0.5, 0.6) is 0 Å². The van der Waals surface area contributed by atoms with E-state index in [2.05, 4.69) is 10.3 Å². The van der Waals surface area contributed by atoms with Crippen molar-refractivity contribution in [3.63, 3.8) is 0 Å². The molecule has 1 spiro atoms. The molecule has 0 amide bonds. The Morgan fingerprint density at radius 1 is 1.38 bits per heavy atom. The van der Waals surface area contributed by atoms with Crippen LogP contribution in [0.2, 0.25) is 0 Å². The van der Waals surface area contributed by atoms with Crippen molar-refractivity contribution in [2.45, 2.75) is 38.2 Å². The minimum atomic E-state index is -3.20. The maximum Gasteiger partial charge on any atom is 0.223 e. The standard InChI is InChI=1S/C16H24N4O3S/c1-11-13-8-23-10-16(5-6-20(9-16)24(2,21)22)14(13)19-15(18-11)17-7-12-3-4-12/h12H,3-10H2,1-2H3,(H,17,18,19)/t16-/m1/s1. The van der Waals surface area contributed by atoms with Crippen LogP contribution in [0.15, 0.2) is 0 Å². The predicted octanol–water partition coefficient (Wildman–Crippen LogP) is 1.04. The molecule has 0 unspecified atom stereocenters. The molecule has 1 saturated carbocycles. The first-order valence-corrected chi connectivity index (χ1v) is 10.4. The van der Waals surface area contributed by atoms with Gasteiger partial charge in [0.15, 0.2) is 0 Å². The summed E-state index contributed by atoms with van der Waals surface area (Å²) >= 11 is 0. The minimum Gasteiger partial charge on any atom is -0.376 e. The molecule has 3 aliphatic rings. The van der Waals surface area contributed by atoms with Crippen molar-refractivity contribution in [1.82, 2.24) is 14.3 Å². The van der Waals surface area contributed by atoms with Crippen LogP contribution in [-0.2, 0) is 26.8 Å². The fraction of sp³-hybridized carbons (Fsp3) is 0.750. The Morgan fingerprint density at radius 3 is 2.83 bits per heavy atom. The van der Waals surface area contributed by atoms with Gasteiger partial charge in [-0.05, 0) is 32.1 Å². The van der Waals surface area contributed by atoms with Gasteiger partial charge < -0.3 is 10.1 Å². The van der Waals surface area contributed by atoms with E-state index < -0.39 is 10.0 Å². The normalized spacial score (nSPS) is 27.4. The van der Waals surface area contributed by atoms with E-state index in [-0.39, 0.29) is 5.41 Å². The largest absolute Gasteiger partial charge is 0.376 e. The monoisotopic (exact) mass is 352 g/mol. The molecular formula is C16H24N4O3S. The lowest BCUT2D eigenvalue weighted by Crippen LogP contribution is -2.42. The molecule has 3 heterocycles. The Morgan fingerprint density at radius 2 is 2.17 bits per heavy atom. The molecule has 1 aromatic rings. The summed E-state index contributed by atoms with van der Waals surface area (Å²) in [5.41, 5.74) is 2.58. The lowest BCUT2D eigenvalue weighted by atomic mass is 9.80. The van der Waals surface area contributed by atoms with Crippen LogP contribution < -0.4 is 5.32 Å². The summed E-state index contributed by atoms with van der Waals surface area (Å²) in [6.45, 7) is 4.88. The molecule has 132 valence electrons. The Kier molecular flexibility index (Phi) is 3.81. The number of aryl methyl sites for hydroxylation is 1. The van der Waals surface area contributed by atoms with E-state index in [0.717, 1.165) is 35.8 Å². The Balaban J connectivity index is 1.67. The van der Waals surface area contributed by atoms with Crippen LogP contribution >= 0.6 is 0 Å². The number of rotatable bonds is 4. The SMILES string of the molecule is Cc1nc(NCC2CC2)nc2c1COC[C@]21CCN(S(C)(=O)=O)C1. The summed E-state index contributed by atoms with van der Waals surface area (Å²) in [7, 11) is -3.20. The van der Waals surface area contributed by atoms with Gasteiger partial charge in [-0.2, -0.15) is 0 Å². The van der Waals surface area contributed by atoms with Gasteiger partial charge in [-0.25, -0.2) is 22.7 Å². The zero-order chi connectivity index (χ0) is 16.9. The molecule has 4 rings (SSSR count). The maximum atomic E-state index is 11.9. The van der Waals surface area contributed by atoms with Crippen LogP contribution in [0, 0.1) is 12.8 Å². The molecule has 8 heteroatoms. The van der Waals surface area contributed by atoms with E-state index in [4.69, 9.17) is 9.72 Å².